The van der Waals surface area contributed by atoms with Crippen molar-refractivity contribution in [1.29, 1.82) is 0 Å². The normalized spacial score (nSPS) is 13.6. The van der Waals surface area contributed by atoms with Gasteiger partial charge in [-0.05, 0) is 85.0 Å². The Morgan fingerprint density at radius 2 is 0.667 bits per heavy atom. The zero-order valence-corrected chi connectivity index (χ0v) is 35.4. The Balaban J connectivity index is 5.81. The van der Waals surface area contributed by atoms with Gasteiger partial charge in [-0.1, -0.05) is 48.5 Å². The van der Waals surface area contributed by atoms with E-state index < -0.39 is 41.3 Å². The topological polar surface area (TPSA) is 202 Å². The maximum atomic E-state index is 13.0. The molecule has 15 nitrogen and oxygen atoms in total. The first-order valence-electron chi connectivity index (χ1n) is 19.6. The first kappa shape index (κ1) is 50.7. The van der Waals surface area contributed by atoms with E-state index in [2.05, 4.69) is 31.9 Å². The summed E-state index contributed by atoms with van der Waals surface area (Å²) in [6, 6.07) is -2.46. The van der Waals surface area contributed by atoms with Gasteiger partial charge in [-0.25, -0.2) is 0 Å². The summed E-state index contributed by atoms with van der Waals surface area (Å²) in [5, 5.41) is 16.8. The minimum Gasteiger partial charge on any atom is -0.371 e. The molecule has 0 saturated heterocycles. The SMILES string of the molecule is CCC(COCC(=O)N[C@@H](CC(C)C)C(=O)NC(C)C)(COCC(=O)N[C@@H](CC(C)C)C(=O)NC(C)C)COCC(=O)N[C@@H](CC(C)C)C(=O)NC(C)C. The molecular formula is C39H74N6O9. The predicted octanol–water partition coefficient (Wildman–Crippen LogP) is 2.60. The van der Waals surface area contributed by atoms with Crippen molar-refractivity contribution in [3.05, 3.63) is 0 Å². The van der Waals surface area contributed by atoms with Crippen LogP contribution in [0.4, 0.5) is 0 Å². The number of amides is 6. The molecule has 6 N–H and O–H groups in total. The van der Waals surface area contributed by atoms with Crippen molar-refractivity contribution < 1.29 is 43.0 Å². The van der Waals surface area contributed by atoms with Crippen molar-refractivity contribution in [2.24, 2.45) is 23.2 Å². The minimum absolute atomic E-state index is 0.0350. The molecule has 54 heavy (non-hydrogen) atoms. The van der Waals surface area contributed by atoms with Gasteiger partial charge in [0.25, 0.3) is 0 Å². The molecule has 0 heterocycles. The summed E-state index contributed by atoms with van der Waals surface area (Å²) in [5.74, 6) is -1.79. The van der Waals surface area contributed by atoms with Gasteiger partial charge in [0.05, 0.1) is 19.8 Å². The van der Waals surface area contributed by atoms with E-state index in [9.17, 15) is 28.8 Å². The molecule has 0 aliphatic rings. The number of hydrogen-bond acceptors (Lipinski definition) is 9. The van der Waals surface area contributed by atoms with E-state index in [-0.39, 0.29) is 93.2 Å². The lowest BCUT2D eigenvalue weighted by Gasteiger charge is -2.32. The fourth-order valence-electron chi connectivity index (χ4n) is 5.48. The molecule has 6 amide bonds. The molecule has 0 bridgehead atoms. The Hall–Kier alpha value is -3.30. The Morgan fingerprint density at radius 3 is 0.852 bits per heavy atom. The van der Waals surface area contributed by atoms with Crippen LogP contribution in [0, 0.1) is 23.2 Å². The van der Waals surface area contributed by atoms with Crippen LogP contribution >= 0.6 is 0 Å². The zero-order chi connectivity index (χ0) is 41.6. The molecule has 0 aliphatic carbocycles. The van der Waals surface area contributed by atoms with Crippen LogP contribution in [-0.2, 0) is 43.0 Å². The summed E-state index contributed by atoms with van der Waals surface area (Å²) in [6.45, 7) is 23.6. The smallest absolute Gasteiger partial charge is 0.246 e. The summed E-state index contributed by atoms with van der Waals surface area (Å²) >= 11 is 0. The molecule has 0 fully saturated rings. The summed E-state index contributed by atoms with van der Waals surface area (Å²) in [7, 11) is 0. The molecule has 0 aromatic rings. The Bertz CT molecular complexity index is 1020. The van der Waals surface area contributed by atoms with E-state index in [0.29, 0.717) is 25.7 Å². The molecule has 0 unspecified atom stereocenters. The van der Waals surface area contributed by atoms with Gasteiger partial charge >= 0.3 is 0 Å². The number of nitrogens with one attached hydrogen (secondary N) is 6. The third kappa shape index (κ3) is 23.5. The van der Waals surface area contributed by atoms with Gasteiger partial charge in [0.1, 0.15) is 37.9 Å². The number of rotatable bonds is 28. The van der Waals surface area contributed by atoms with E-state index in [1.54, 1.807) is 0 Å². The number of ether oxygens (including phenoxy) is 3. The van der Waals surface area contributed by atoms with Crippen molar-refractivity contribution in [1.82, 2.24) is 31.9 Å². The van der Waals surface area contributed by atoms with Gasteiger partial charge < -0.3 is 46.1 Å². The third-order valence-corrected chi connectivity index (χ3v) is 8.04. The molecule has 314 valence electrons. The lowest BCUT2D eigenvalue weighted by molar-refractivity contribution is -0.139. The van der Waals surface area contributed by atoms with Crippen molar-refractivity contribution in [3.63, 3.8) is 0 Å². The van der Waals surface area contributed by atoms with Crippen molar-refractivity contribution in [3.8, 4) is 0 Å². The van der Waals surface area contributed by atoms with Gasteiger partial charge in [0, 0.05) is 23.5 Å². The molecule has 15 heteroatoms. The van der Waals surface area contributed by atoms with Gasteiger partial charge in [-0.3, -0.25) is 28.8 Å². The van der Waals surface area contributed by atoms with Crippen LogP contribution in [0.15, 0.2) is 0 Å². The monoisotopic (exact) mass is 771 g/mol. The van der Waals surface area contributed by atoms with Crippen molar-refractivity contribution in [2.75, 3.05) is 39.6 Å². The highest BCUT2D eigenvalue weighted by Gasteiger charge is 2.32. The Labute approximate surface area is 324 Å². The second-order valence-corrected chi connectivity index (χ2v) is 16.6. The predicted molar refractivity (Wildman–Crippen MR) is 209 cm³/mol. The molecule has 0 spiro atoms. The average molecular weight is 771 g/mol. The molecule has 0 aromatic heterocycles. The summed E-state index contributed by atoms with van der Waals surface area (Å²) < 4.78 is 17.6. The van der Waals surface area contributed by atoms with Crippen LogP contribution in [-0.4, -0.2) is 111 Å². The number of carbonyl (C=O) groups excluding carboxylic acids is 6. The maximum absolute atomic E-state index is 13.0. The highest BCUT2D eigenvalue weighted by atomic mass is 16.5. The summed E-state index contributed by atoms with van der Waals surface area (Å²) in [6.07, 6.45) is 1.76. The molecule has 3 atom stereocenters. The van der Waals surface area contributed by atoms with Gasteiger partial charge in [0.15, 0.2) is 0 Å². The average Bonchev–Trinajstić information content (AvgIpc) is 3.01. The van der Waals surface area contributed by atoms with E-state index in [0.717, 1.165) is 0 Å². The first-order chi connectivity index (χ1) is 25.1. The standard InChI is InChI=1S/C39H74N6O9/c1-14-39(21-52-18-33(46)43-30(15-24(2)3)36(49)40-27(8)9,22-53-19-34(47)44-31(16-25(4)5)37(50)41-28(10)11)23-54-20-35(48)45-32(17-26(6)7)38(51)42-29(12)13/h24-32H,14-23H2,1-13H3,(H,40,49)(H,41,50)(H,42,51)(H,43,46)(H,44,47)(H,45,48)/t30-,31-,32-/m0/s1. The lowest BCUT2D eigenvalue weighted by atomic mass is 9.88. The lowest BCUT2D eigenvalue weighted by Crippen LogP contribution is -2.50. The Kier molecular flexibility index (Phi) is 24.9. The van der Waals surface area contributed by atoms with Crippen molar-refractivity contribution in [2.45, 2.75) is 152 Å². The molecule has 0 aromatic carbocycles. The molecule has 0 aliphatic heterocycles. The highest BCUT2D eigenvalue weighted by molar-refractivity contribution is 5.89. The van der Waals surface area contributed by atoms with Gasteiger partial charge in [-0.2, -0.15) is 0 Å². The summed E-state index contributed by atoms with van der Waals surface area (Å²) in [4.78, 5) is 77.1. The van der Waals surface area contributed by atoms with Crippen LogP contribution in [0.25, 0.3) is 0 Å². The third-order valence-electron chi connectivity index (χ3n) is 8.04. The largest absolute Gasteiger partial charge is 0.371 e. The molecule has 0 rings (SSSR count). The van der Waals surface area contributed by atoms with Crippen LogP contribution < -0.4 is 31.9 Å². The molecular weight excluding hydrogens is 696 g/mol. The minimum atomic E-state index is -0.897. The second-order valence-electron chi connectivity index (χ2n) is 16.6. The van der Waals surface area contributed by atoms with Crippen molar-refractivity contribution >= 4 is 35.4 Å². The Morgan fingerprint density at radius 1 is 0.426 bits per heavy atom. The maximum Gasteiger partial charge on any atom is 0.246 e. The van der Waals surface area contributed by atoms with E-state index >= 15 is 0 Å². The van der Waals surface area contributed by atoms with E-state index in [1.165, 1.54) is 0 Å². The second kappa shape index (κ2) is 26.5. The van der Waals surface area contributed by atoms with Crippen LogP contribution in [0.1, 0.15) is 116 Å². The summed E-state index contributed by atoms with van der Waals surface area (Å²) in [5.41, 5.74) is -0.897. The van der Waals surface area contributed by atoms with Crippen LogP contribution in [0.3, 0.4) is 0 Å². The van der Waals surface area contributed by atoms with Crippen LogP contribution in [0.5, 0.6) is 0 Å². The van der Waals surface area contributed by atoms with E-state index in [4.69, 9.17) is 14.2 Å². The first-order valence-corrected chi connectivity index (χ1v) is 19.6. The zero-order valence-electron chi connectivity index (χ0n) is 35.4. The molecule has 0 radical (unpaired) electrons. The van der Waals surface area contributed by atoms with Gasteiger partial charge in [-0.15, -0.1) is 0 Å². The van der Waals surface area contributed by atoms with Crippen LogP contribution in [0.2, 0.25) is 0 Å². The fourth-order valence-corrected chi connectivity index (χ4v) is 5.48. The van der Waals surface area contributed by atoms with Gasteiger partial charge in [0.2, 0.25) is 35.4 Å². The van der Waals surface area contributed by atoms with E-state index in [1.807, 2.05) is 90.0 Å². The quantitative estimate of drug-likeness (QED) is 0.0692. The fraction of sp³-hybridized carbons (Fsp3) is 0.846. The number of hydrogen-bond donors (Lipinski definition) is 6. The highest BCUT2D eigenvalue weighted by Crippen LogP contribution is 2.24. The number of carbonyl (C=O) groups is 6. The molecule has 0 saturated carbocycles.